The van der Waals surface area contributed by atoms with Gasteiger partial charge in [0.05, 0.1) is 4.47 Å². The smallest absolute Gasteiger partial charge is 0.246 e. The molecule has 1 unspecified atom stereocenters. The monoisotopic (exact) mass is 377 g/mol. The summed E-state index contributed by atoms with van der Waals surface area (Å²) < 4.78 is 41.0. The minimum absolute atomic E-state index is 0.0700. The maximum absolute atomic E-state index is 14.2. The molecule has 5 nitrogen and oxygen atoms in total. The van der Waals surface area contributed by atoms with Crippen LogP contribution in [0, 0.1) is 5.82 Å². The van der Waals surface area contributed by atoms with Gasteiger partial charge in [-0.2, -0.15) is 4.31 Å². The molecule has 0 radical (unpaired) electrons. The number of hydrogen-bond acceptors (Lipinski definition) is 4. The summed E-state index contributed by atoms with van der Waals surface area (Å²) in [4.78, 5) is 1.96. The van der Waals surface area contributed by atoms with Crippen molar-refractivity contribution in [2.24, 2.45) is 0 Å². The first kappa shape index (κ1) is 15.2. The third-order valence-electron chi connectivity index (χ3n) is 4.19. The van der Waals surface area contributed by atoms with E-state index >= 15 is 0 Å². The van der Waals surface area contributed by atoms with Crippen LogP contribution in [0.3, 0.4) is 0 Å². The summed E-state index contributed by atoms with van der Waals surface area (Å²) in [6.07, 6.45) is 2.09. The van der Waals surface area contributed by atoms with E-state index in [1.54, 1.807) is 0 Å². The number of fused-ring (bicyclic) bond motifs is 1. The zero-order chi connectivity index (χ0) is 15.2. The van der Waals surface area contributed by atoms with Crippen molar-refractivity contribution in [3.05, 3.63) is 22.4 Å². The second-order valence-electron chi connectivity index (χ2n) is 5.51. The van der Waals surface area contributed by atoms with Gasteiger partial charge in [-0.1, -0.05) is 0 Å². The van der Waals surface area contributed by atoms with Crippen LogP contribution in [0.2, 0.25) is 0 Å². The van der Waals surface area contributed by atoms with Crippen molar-refractivity contribution in [1.29, 1.82) is 0 Å². The van der Waals surface area contributed by atoms with Gasteiger partial charge >= 0.3 is 0 Å². The largest absolute Gasteiger partial charge is 0.399 e. The van der Waals surface area contributed by atoms with E-state index in [1.807, 2.05) is 0 Å². The number of rotatable bonds is 2. The summed E-state index contributed by atoms with van der Waals surface area (Å²) >= 11 is 3.01. The summed E-state index contributed by atoms with van der Waals surface area (Å²) in [5.41, 5.74) is 5.88. The lowest BCUT2D eigenvalue weighted by atomic mass is 10.2. The Hall–Kier alpha value is -0.700. The summed E-state index contributed by atoms with van der Waals surface area (Å²) in [6.45, 7) is 2.55. The van der Waals surface area contributed by atoms with E-state index in [0.717, 1.165) is 19.4 Å². The summed E-state index contributed by atoms with van der Waals surface area (Å²) in [7, 11) is -3.85. The molecule has 0 aliphatic carbocycles. The third-order valence-corrected chi connectivity index (χ3v) is 6.63. The minimum atomic E-state index is -3.85. The molecule has 1 aromatic rings. The quantitative estimate of drug-likeness (QED) is 0.795. The van der Waals surface area contributed by atoms with Crippen LogP contribution in [0.1, 0.15) is 12.8 Å². The van der Waals surface area contributed by atoms with Crippen molar-refractivity contribution >= 4 is 31.6 Å². The van der Waals surface area contributed by atoms with Crippen molar-refractivity contribution < 1.29 is 12.8 Å². The standard InChI is InChI=1S/C13H17BrFN3O2S/c14-11-6-9(16)7-12(13(11)15)21(19,20)18-5-4-17-3-1-2-10(17)8-18/h6-7,10H,1-5,8,16H2. The average Bonchev–Trinajstić information content (AvgIpc) is 2.89. The maximum Gasteiger partial charge on any atom is 0.246 e. The first-order chi connectivity index (χ1) is 9.89. The molecule has 0 aromatic heterocycles. The number of piperazine rings is 1. The number of sulfonamides is 1. The fourth-order valence-electron chi connectivity index (χ4n) is 3.09. The lowest BCUT2D eigenvalue weighted by molar-refractivity contribution is 0.158. The molecule has 1 atom stereocenters. The molecule has 2 heterocycles. The molecule has 2 saturated heterocycles. The van der Waals surface area contributed by atoms with E-state index in [9.17, 15) is 12.8 Å². The van der Waals surface area contributed by atoms with Crippen molar-refractivity contribution in [2.75, 3.05) is 31.9 Å². The molecule has 116 valence electrons. The van der Waals surface area contributed by atoms with Gasteiger partial charge in [-0.3, -0.25) is 4.90 Å². The maximum atomic E-state index is 14.2. The van der Waals surface area contributed by atoms with Crippen LogP contribution in [0.4, 0.5) is 10.1 Å². The van der Waals surface area contributed by atoms with Gasteiger partial charge in [-0.25, -0.2) is 12.8 Å². The Kier molecular flexibility index (Phi) is 3.98. The molecule has 2 aliphatic heterocycles. The highest BCUT2D eigenvalue weighted by Crippen LogP contribution is 2.30. The Morgan fingerprint density at radius 2 is 2.05 bits per heavy atom. The molecule has 2 aliphatic rings. The van der Waals surface area contributed by atoms with Gasteiger partial charge in [0, 0.05) is 31.4 Å². The Labute approximate surface area is 132 Å². The molecular formula is C13H17BrFN3O2S. The number of benzene rings is 1. The first-order valence-corrected chi connectivity index (χ1v) is 9.11. The molecule has 1 aromatic carbocycles. The predicted molar refractivity (Wildman–Crippen MR) is 81.9 cm³/mol. The van der Waals surface area contributed by atoms with Gasteiger partial charge in [0.25, 0.3) is 0 Å². The molecule has 21 heavy (non-hydrogen) atoms. The van der Waals surface area contributed by atoms with Gasteiger partial charge < -0.3 is 5.73 Å². The number of halogens is 2. The fraction of sp³-hybridized carbons (Fsp3) is 0.538. The van der Waals surface area contributed by atoms with E-state index in [0.29, 0.717) is 19.6 Å². The molecule has 8 heteroatoms. The molecule has 0 saturated carbocycles. The SMILES string of the molecule is Nc1cc(Br)c(F)c(S(=O)(=O)N2CCN3CCCC3C2)c1. The first-order valence-electron chi connectivity index (χ1n) is 6.88. The Morgan fingerprint density at radius 1 is 1.29 bits per heavy atom. The number of hydrogen-bond donors (Lipinski definition) is 1. The van der Waals surface area contributed by atoms with E-state index in [-0.39, 0.29) is 21.1 Å². The normalized spacial score (nSPS) is 24.2. The van der Waals surface area contributed by atoms with Crippen molar-refractivity contribution in [3.63, 3.8) is 0 Å². The van der Waals surface area contributed by atoms with Gasteiger partial charge in [0.1, 0.15) is 4.90 Å². The highest BCUT2D eigenvalue weighted by molar-refractivity contribution is 9.10. The lowest BCUT2D eigenvalue weighted by Crippen LogP contribution is -2.52. The second-order valence-corrected chi connectivity index (χ2v) is 8.27. The second kappa shape index (κ2) is 5.49. The molecule has 2 N–H and O–H groups in total. The number of nitrogens with zero attached hydrogens (tertiary/aromatic N) is 2. The number of nitrogens with two attached hydrogens (primary N) is 1. The van der Waals surface area contributed by atoms with E-state index in [1.165, 1.54) is 16.4 Å². The van der Waals surface area contributed by atoms with Crippen molar-refractivity contribution in [3.8, 4) is 0 Å². The van der Waals surface area contributed by atoms with Gasteiger partial charge in [0.2, 0.25) is 10.0 Å². The zero-order valence-electron chi connectivity index (χ0n) is 11.4. The van der Waals surface area contributed by atoms with Crippen LogP contribution in [0.25, 0.3) is 0 Å². The Balaban J connectivity index is 1.94. The molecule has 0 amide bonds. The fourth-order valence-corrected chi connectivity index (χ4v) is 5.29. The van der Waals surface area contributed by atoms with Gasteiger partial charge in [0.15, 0.2) is 5.82 Å². The van der Waals surface area contributed by atoms with Gasteiger partial charge in [-0.05, 0) is 47.4 Å². The van der Waals surface area contributed by atoms with Crippen LogP contribution >= 0.6 is 15.9 Å². The van der Waals surface area contributed by atoms with Crippen LogP contribution < -0.4 is 5.73 Å². The topological polar surface area (TPSA) is 66.6 Å². The van der Waals surface area contributed by atoms with Crippen LogP contribution in [-0.4, -0.2) is 49.8 Å². The molecule has 3 rings (SSSR count). The summed E-state index contributed by atoms with van der Waals surface area (Å²) in [5, 5.41) is 0. The Bertz CT molecular complexity index is 668. The lowest BCUT2D eigenvalue weighted by Gasteiger charge is -2.36. The predicted octanol–water partition coefficient (Wildman–Crippen LogP) is 1.64. The summed E-state index contributed by atoms with van der Waals surface area (Å²) in [6, 6.07) is 2.81. The highest BCUT2D eigenvalue weighted by atomic mass is 79.9. The van der Waals surface area contributed by atoms with Crippen LogP contribution in [-0.2, 0) is 10.0 Å². The number of anilines is 1. The van der Waals surface area contributed by atoms with E-state index in [2.05, 4.69) is 20.8 Å². The minimum Gasteiger partial charge on any atom is -0.399 e. The van der Waals surface area contributed by atoms with Crippen molar-refractivity contribution in [2.45, 2.75) is 23.8 Å². The Morgan fingerprint density at radius 3 is 2.81 bits per heavy atom. The average molecular weight is 378 g/mol. The number of nitrogen functional groups attached to an aromatic ring is 1. The molecule has 2 fully saturated rings. The molecule has 0 bridgehead atoms. The van der Waals surface area contributed by atoms with Crippen molar-refractivity contribution in [1.82, 2.24) is 9.21 Å². The molecule has 0 spiro atoms. The summed E-state index contributed by atoms with van der Waals surface area (Å²) in [5.74, 6) is -0.780. The third kappa shape index (κ3) is 2.69. The highest BCUT2D eigenvalue weighted by Gasteiger charge is 2.37. The van der Waals surface area contributed by atoms with Crippen LogP contribution in [0.15, 0.2) is 21.5 Å². The molecular weight excluding hydrogens is 361 g/mol. The van der Waals surface area contributed by atoms with E-state index in [4.69, 9.17) is 5.73 Å². The van der Waals surface area contributed by atoms with Crippen LogP contribution in [0.5, 0.6) is 0 Å². The zero-order valence-corrected chi connectivity index (χ0v) is 13.8. The van der Waals surface area contributed by atoms with E-state index < -0.39 is 15.8 Å². The van der Waals surface area contributed by atoms with Gasteiger partial charge in [-0.15, -0.1) is 0 Å².